The van der Waals surface area contributed by atoms with Crippen molar-refractivity contribution in [3.8, 4) is 0 Å². The zero-order valence-corrected chi connectivity index (χ0v) is 7.63. The molecular formula is C7H11Cl2N. The standard InChI is InChI=1S/C7H11Cl2N/c1-5(8)3-7(4-10)6(2)9/h3H,4,10H2,1-2H3/b5-3+,7-6?. The maximum atomic E-state index is 5.68. The molecule has 0 unspecified atom stereocenters. The van der Waals surface area contributed by atoms with E-state index in [9.17, 15) is 0 Å². The van der Waals surface area contributed by atoms with E-state index < -0.39 is 0 Å². The molecule has 0 saturated heterocycles. The summed E-state index contributed by atoms with van der Waals surface area (Å²) in [5, 5.41) is 1.39. The average molecular weight is 180 g/mol. The van der Waals surface area contributed by atoms with Crippen LogP contribution in [0.3, 0.4) is 0 Å². The van der Waals surface area contributed by atoms with Gasteiger partial charge in [-0.25, -0.2) is 0 Å². The predicted octanol–water partition coefficient (Wildman–Crippen LogP) is 2.60. The molecule has 10 heavy (non-hydrogen) atoms. The van der Waals surface area contributed by atoms with Crippen LogP contribution in [0.15, 0.2) is 21.7 Å². The molecule has 58 valence electrons. The molecule has 3 heteroatoms. The zero-order chi connectivity index (χ0) is 8.15. The van der Waals surface area contributed by atoms with E-state index in [4.69, 9.17) is 28.9 Å². The summed E-state index contributed by atoms with van der Waals surface area (Å²) in [7, 11) is 0. The van der Waals surface area contributed by atoms with Gasteiger partial charge in [0.15, 0.2) is 0 Å². The third-order valence-electron chi connectivity index (χ3n) is 1.04. The van der Waals surface area contributed by atoms with E-state index in [1.165, 1.54) is 0 Å². The van der Waals surface area contributed by atoms with Gasteiger partial charge < -0.3 is 5.73 Å². The topological polar surface area (TPSA) is 26.0 Å². The van der Waals surface area contributed by atoms with E-state index in [0.29, 0.717) is 16.6 Å². The first-order valence-electron chi connectivity index (χ1n) is 2.97. The highest BCUT2D eigenvalue weighted by atomic mass is 35.5. The number of halogens is 2. The highest BCUT2D eigenvalue weighted by Crippen LogP contribution is 2.12. The van der Waals surface area contributed by atoms with Crippen LogP contribution < -0.4 is 5.73 Å². The van der Waals surface area contributed by atoms with Gasteiger partial charge >= 0.3 is 0 Å². The molecule has 0 aromatic rings. The number of hydrogen-bond donors (Lipinski definition) is 1. The van der Waals surface area contributed by atoms with E-state index >= 15 is 0 Å². The van der Waals surface area contributed by atoms with Crippen LogP contribution in [-0.2, 0) is 0 Å². The molecule has 0 aliphatic carbocycles. The Bertz CT molecular complexity index is 162. The molecule has 0 aliphatic rings. The first-order valence-corrected chi connectivity index (χ1v) is 3.72. The van der Waals surface area contributed by atoms with E-state index in [0.717, 1.165) is 5.57 Å². The number of hydrogen-bond acceptors (Lipinski definition) is 1. The van der Waals surface area contributed by atoms with Gasteiger partial charge in [-0.2, -0.15) is 0 Å². The van der Waals surface area contributed by atoms with Crippen LogP contribution in [-0.4, -0.2) is 6.54 Å². The Labute approximate surface area is 71.5 Å². The summed E-state index contributed by atoms with van der Waals surface area (Å²) in [6, 6.07) is 0. The fraction of sp³-hybridized carbons (Fsp3) is 0.429. The first kappa shape index (κ1) is 10.0. The Kier molecular flexibility index (Phi) is 4.79. The second-order valence-electron chi connectivity index (χ2n) is 1.99. The smallest absolute Gasteiger partial charge is 0.0195 e. The number of nitrogens with two attached hydrogens (primary N) is 1. The molecule has 1 nitrogen and oxygen atoms in total. The van der Waals surface area contributed by atoms with Crippen molar-refractivity contribution in [1.82, 2.24) is 0 Å². The molecule has 0 atom stereocenters. The van der Waals surface area contributed by atoms with Gasteiger partial charge in [0.1, 0.15) is 0 Å². The molecule has 0 aromatic heterocycles. The monoisotopic (exact) mass is 179 g/mol. The molecule has 0 heterocycles. The summed E-state index contributed by atoms with van der Waals surface area (Å²) in [6.45, 7) is 4.01. The Balaban J connectivity index is 4.40. The van der Waals surface area contributed by atoms with E-state index in [1.54, 1.807) is 19.9 Å². The molecule has 0 amide bonds. The van der Waals surface area contributed by atoms with Crippen LogP contribution in [0.5, 0.6) is 0 Å². The Morgan fingerprint density at radius 1 is 1.40 bits per heavy atom. The van der Waals surface area contributed by atoms with Gasteiger partial charge in [0.2, 0.25) is 0 Å². The zero-order valence-electron chi connectivity index (χ0n) is 6.12. The maximum absolute atomic E-state index is 5.68. The lowest BCUT2D eigenvalue weighted by atomic mass is 10.2. The Morgan fingerprint density at radius 3 is 2.00 bits per heavy atom. The first-order chi connectivity index (χ1) is 4.57. The van der Waals surface area contributed by atoms with Crippen LogP contribution in [0.4, 0.5) is 0 Å². The van der Waals surface area contributed by atoms with Crippen molar-refractivity contribution in [2.45, 2.75) is 13.8 Å². The largest absolute Gasteiger partial charge is 0.326 e. The summed E-state index contributed by atoms with van der Waals surface area (Å²) in [5.74, 6) is 0. The Hall–Kier alpha value is 0.0200. The van der Waals surface area contributed by atoms with Crippen molar-refractivity contribution in [3.63, 3.8) is 0 Å². The van der Waals surface area contributed by atoms with E-state index in [-0.39, 0.29) is 0 Å². The van der Waals surface area contributed by atoms with Crippen molar-refractivity contribution in [2.75, 3.05) is 6.54 Å². The van der Waals surface area contributed by atoms with E-state index in [2.05, 4.69) is 0 Å². The second kappa shape index (κ2) is 4.78. The predicted molar refractivity (Wildman–Crippen MR) is 47.2 cm³/mol. The van der Waals surface area contributed by atoms with Crippen molar-refractivity contribution < 1.29 is 0 Å². The third-order valence-corrected chi connectivity index (χ3v) is 1.39. The van der Waals surface area contributed by atoms with E-state index in [1.807, 2.05) is 0 Å². The molecule has 0 aliphatic heterocycles. The van der Waals surface area contributed by atoms with Gasteiger partial charge in [-0.15, -0.1) is 0 Å². The summed E-state index contributed by atoms with van der Waals surface area (Å²) < 4.78 is 0. The van der Waals surface area contributed by atoms with Crippen LogP contribution >= 0.6 is 23.2 Å². The molecule has 0 spiro atoms. The SMILES string of the molecule is CC(Cl)=C(/C=C(\C)Cl)CN. The quantitative estimate of drug-likeness (QED) is 0.649. The lowest BCUT2D eigenvalue weighted by Crippen LogP contribution is -2.01. The molecule has 0 fully saturated rings. The molecule has 0 radical (unpaired) electrons. The van der Waals surface area contributed by atoms with Gasteiger partial charge in [0.05, 0.1) is 0 Å². The number of allylic oxidation sites excluding steroid dienone is 2. The summed E-state index contributed by atoms with van der Waals surface area (Å²) in [6.07, 6.45) is 1.77. The highest BCUT2D eigenvalue weighted by molar-refractivity contribution is 6.31. The molecular weight excluding hydrogens is 169 g/mol. The fourth-order valence-electron chi connectivity index (χ4n) is 0.539. The van der Waals surface area contributed by atoms with Crippen LogP contribution in [0.25, 0.3) is 0 Å². The van der Waals surface area contributed by atoms with Crippen LogP contribution in [0.1, 0.15) is 13.8 Å². The fourth-order valence-corrected chi connectivity index (χ4v) is 0.803. The summed E-state index contributed by atoms with van der Waals surface area (Å²) in [5.41, 5.74) is 6.26. The van der Waals surface area contributed by atoms with Gasteiger partial charge in [0.25, 0.3) is 0 Å². The van der Waals surface area contributed by atoms with Gasteiger partial charge in [-0.1, -0.05) is 23.2 Å². The number of rotatable bonds is 2. The highest BCUT2D eigenvalue weighted by Gasteiger charge is 1.93. The lowest BCUT2D eigenvalue weighted by Gasteiger charge is -1.97. The molecule has 0 bridgehead atoms. The minimum Gasteiger partial charge on any atom is -0.326 e. The van der Waals surface area contributed by atoms with Gasteiger partial charge in [-0.05, 0) is 25.5 Å². The van der Waals surface area contributed by atoms with Gasteiger partial charge in [0, 0.05) is 16.6 Å². The summed E-state index contributed by atoms with van der Waals surface area (Å²) in [4.78, 5) is 0. The minimum atomic E-state index is 0.430. The van der Waals surface area contributed by atoms with Gasteiger partial charge in [-0.3, -0.25) is 0 Å². The molecule has 0 saturated carbocycles. The summed E-state index contributed by atoms with van der Waals surface area (Å²) >= 11 is 11.3. The van der Waals surface area contributed by atoms with Crippen LogP contribution in [0, 0.1) is 0 Å². The van der Waals surface area contributed by atoms with Crippen LogP contribution in [0.2, 0.25) is 0 Å². The van der Waals surface area contributed by atoms with Crippen molar-refractivity contribution in [1.29, 1.82) is 0 Å². The van der Waals surface area contributed by atoms with Crippen molar-refractivity contribution in [3.05, 3.63) is 21.7 Å². The Morgan fingerprint density at radius 2 is 1.90 bits per heavy atom. The average Bonchev–Trinajstić information content (AvgIpc) is 1.81. The van der Waals surface area contributed by atoms with Crippen molar-refractivity contribution >= 4 is 23.2 Å². The molecule has 2 N–H and O–H groups in total. The maximum Gasteiger partial charge on any atom is 0.0195 e. The second-order valence-corrected chi connectivity index (χ2v) is 3.16. The molecule has 0 rings (SSSR count). The minimum absolute atomic E-state index is 0.430. The normalized spacial score (nSPS) is 15.1. The lowest BCUT2D eigenvalue weighted by molar-refractivity contribution is 1.17. The third kappa shape index (κ3) is 3.94. The molecule has 0 aromatic carbocycles. The van der Waals surface area contributed by atoms with Crippen molar-refractivity contribution in [2.24, 2.45) is 5.73 Å².